The van der Waals surface area contributed by atoms with E-state index >= 15 is 0 Å². The third kappa shape index (κ3) is 4.73. The minimum atomic E-state index is -0.248. The highest BCUT2D eigenvalue weighted by atomic mass is 79.9. The third-order valence-electron chi connectivity index (χ3n) is 2.17. The molecule has 3 N–H and O–H groups in total. The number of rotatable bonds is 6. The van der Waals surface area contributed by atoms with Crippen LogP contribution in [-0.4, -0.2) is 19.1 Å². The van der Waals surface area contributed by atoms with Crippen LogP contribution in [0.1, 0.15) is 12.0 Å². The second-order valence-electron chi connectivity index (χ2n) is 3.50. The van der Waals surface area contributed by atoms with Crippen molar-refractivity contribution in [2.75, 3.05) is 13.2 Å². The smallest absolute Gasteiger partial charge is 0.257 e. The second-order valence-corrected chi connectivity index (χ2v) is 4.36. The topological polar surface area (TPSA) is 88.1 Å². The maximum absolute atomic E-state index is 11.3. The number of halogens is 1. The fourth-order valence-corrected chi connectivity index (χ4v) is 1.66. The van der Waals surface area contributed by atoms with Crippen LogP contribution in [0.3, 0.4) is 0 Å². The molecule has 0 spiro atoms. The molecular weight excluding hydrogens is 298 g/mol. The van der Waals surface area contributed by atoms with Crippen molar-refractivity contribution in [1.82, 2.24) is 5.32 Å². The van der Waals surface area contributed by atoms with Gasteiger partial charge < -0.3 is 15.8 Å². The lowest BCUT2D eigenvalue weighted by Crippen LogP contribution is -2.29. The van der Waals surface area contributed by atoms with Gasteiger partial charge in [-0.15, -0.1) is 0 Å². The number of carbonyl (C=O) groups is 1. The monoisotopic (exact) mass is 311 g/mol. The Kier molecular flexibility index (Phi) is 6.19. The van der Waals surface area contributed by atoms with E-state index in [1.165, 1.54) is 0 Å². The van der Waals surface area contributed by atoms with Crippen molar-refractivity contribution in [1.29, 1.82) is 5.26 Å². The molecule has 1 aromatic rings. The lowest BCUT2D eigenvalue weighted by atomic mass is 10.2. The molecule has 0 unspecified atom stereocenters. The van der Waals surface area contributed by atoms with E-state index in [-0.39, 0.29) is 12.5 Å². The number of nitrogens with one attached hydrogen (secondary N) is 1. The predicted octanol–water partition coefficient (Wildman–Crippen LogP) is 1.32. The van der Waals surface area contributed by atoms with E-state index in [4.69, 9.17) is 15.7 Å². The quantitative estimate of drug-likeness (QED) is 0.775. The molecule has 0 atom stereocenters. The number of nitrogens with zero attached hydrogens (tertiary/aromatic N) is 1. The Bertz CT molecular complexity index is 457. The first-order chi connectivity index (χ1) is 8.67. The van der Waals surface area contributed by atoms with Gasteiger partial charge in [0.15, 0.2) is 6.61 Å². The van der Waals surface area contributed by atoms with E-state index in [1.54, 1.807) is 12.1 Å². The van der Waals surface area contributed by atoms with Gasteiger partial charge in [0, 0.05) is 17.6 Å². The van der Waals surface area contributed by atoms with Gasteiger partial charge in [-0.05, 0) is 23.8 Å². The van der Waals surface area contributed by atoms with Crippen LogP contribution in [0.4, 0.5) is 0 Å². The third-order valence-corrected chi connectivity index (χ3v) is 2.94. The Labute approximate surface area is 114 Å². The highest BCUT2D eigenvalue weighted by Crippen LogP contribution is 2.22. The lowest BCUT2D eigenvalue weighted by molar-refractivity contribution is -0.123. The molecule has 0 aliphatic heterocycles. The molecule has 6 heteroatoms. The molecule has 0 saturated heterocycles. The molecule has 96 valence electrons. The van der Waals surface area contributed by atoms with Crippen molar-refractivity contribution < 1.29 is 9.53 Å². The summed E-state index contributed by atoms with van der Waals surface area (Å²) in [4.78, 5) is 11.3. The average Bonchev–Trinajstić information content (AvgIpc) is 2.38. The maximum atomic E-state index is 11.3. The molecule has 5 nitrogen and oxygen atoms in total. The van der Waals surface area contributed by atoms with Crippen LogP contribution >= 0.6 is 15.9 Å². The molecule has 0 radical (unpaired) electrons. The fraction of sp³-hybridized carbons (Fsp3) is 0.333. The van der Waals surface area contributed by atoms with Crippen molar-refractivity contribution in [3.05, 3.63) is 28.2 Å². The number of nitriles is 1. The largest absolute Gasteiger partial charge is 0.484 e. The van der Waals surface area contributed by atoms with Gasteiger partial charge in [-0.1, -0.05) is 15.9 Å². The highest BCUT2D eigenvalue weighted by molar-refractivity contribution is 9.10. The zero-order valence-corrected chi connectivity index (χ0v) is 11.4. The fourth-order valence-electron chi connectivity index (χ4n) is 1.26. The molecule has 1 amide bonds. The number of hydrogen-bond acceptors (Lipinski definition) is 4. The summed E-state index contributed by atoms with van der Waals surface area (Å²) < 4.78 is 6.24. The Morgan fingerprint density at radius 3 is 3.00 bits per heavy atom. The van der Waals surface area contributed by atoms with Gasteiger partial charge in [0.05, 0.1) is 12.5 Å². The Balaban J connectivity index is 2.44. The van der Waals surface area contributed by atoms with E-state index in [2.05, 4.69) is 21.2 Å². The molecule has 1 rings (SSSR count). The van der Waals surface area contributed by atoms with E-state index in [0.29, 0.717) is 25.3 Å². The van der Waals surface area contributed by atoms with Crippen LogP contribution in [0, 0.1) is 11.3 Å². The summed E-state index contributed by atoms with van der Waals surface area (Å²) >= 11 is 3.37. The van der Waals surface area contributed by atoms with Crippen molar-refractivity contribution in [2.24, 2.45) is 5.73 Å². The van der Waals surface area contributed by atoms with E-state index in [9.17, 15) is 4.79 Å². The van der Waals surface area contributed by atoms with Crippen molar-refractivity contribution >= 4 is 21.8 Å². The molecular formula is C12H14BrN3O2. The minimum Gasteiger partial charge on any atom is -0.484 e. The standard InChI is InChI=1S/C12H14BrN3O2/c13-11-3-2-10(6-9(11)7-15)18-8-12(17)16-5-1-4-14/h2-3,6H,1,5,7-8,15H2,(H,16,17). The molecule has 1 aromatic carbocycles. The summed E-state index contributed by atoms with van der Waals surface area (Å²) in [6.45, 7) is 0.663. The molecule has 0 aliphatic rings. The first-order valence-electron chi connectivity index (χ1n) is 5.42. The van der Waals surface area contributed by atoms with Crippen molar-refractivity contribution in [2.45, 2.75) is 13.0 Å². The van der Waals surface area contributed by atoms with Crippen LogP contribution in [-0.2, 0) is 11.3 Å². The maximum Gasteiger partial charge on any atom is 0.257 e. The molecule has 0 aliphatic carbocycles. The van der Waals surface area contributed by atoms with Crippen molar-refractivity contribution in [3.63, 3.8) is 0 Å². The number of ether oxygens (including phenoxy) is 1. The zero-order chi connectivity index (χ0) is 13.4. The molecule has 0 heterocycles. The molecule has 0 saturated carbocycles. The lowest BCUT2D eigenvalue weighted by Gasteiger charge is -2.08. The summed E-state index contributed by atoms with van der Waals surface area (Å²) in [6.07, 6.45) is 0.293. The van der Waals surface area contributed by atoms with Crippen LogP contribution in [0.15, 0.2) is 22.7 Å². The van der Waals surface area contributed by atoms with E-state index in [0.717, 1.165) is 10.0 Å². The van der Waals surface area contributed by atoms with Gasteiger partial charge in [-0.3, -0.25) is 4.79 Å². The van der Waals surface area contributed by atoms with Gasteiger partial charge in [-0.2, -0.15) is 5.26 Å². The van der Waals surface area contributed by atoms with Gasteiger partial charge in [-0.25, -0.2) is 0 Å². The average molecular weight is 312 g/mol. The van der Waals surface area contributed by atoms with E-state index < -0.39 is 0 Å². The first-order valence-corrected chi connectivity index (χ1v) is 6.21. The van der Waals surface area contributed by atoms with Crippen LogP contribution in [0.2, 0.25) is 0 Å². The SMILES string of the molecule is N#CCCNC(=O)COc1ccc(Br)c(CN)c1. The number of carbonyl (C=O) groups excluding carboxylic acids is 1. The summed E-state index contributed by atoms with van der Waals surface area (Å²) in [5, 5.41) is 10.9. The number of nitrogens with two attached hydrogens (primary N) is 1. The minimum absolute atomic E-state index is 0.0723. The number of hydrogen-bond donors (Lipinski definition) is 2. The first kappa shape index (κ1) is 14.5. The molecule has 18 heavy (non-hydrogen) atoms. The summed E-state index contributed by atoms with van der Waals surface area (Å²) in [7, 11) is 0. The number of benzene rings is 1. The van der Waals surface area contributed by atoms with Gasteiger partial charge in [0.25, 0.3) is 5.91 Å². The summed E-state index contributed by atoms with van der Waals surface area (Å²) in [5.41, 5.74) is 6.48. The van der Waals surface area contributed by atoms with Gasteiger partial charge in [0.2, 0.25) is 0 Å². The normalized spacial score (nSPS) is 9.61. The van der Waals surface area contributed by atoms with E-state index in [1.807, 2.05) is 12.1 Å². The Morgan fingerprint density at radius 1 is 1.56 bits per heavy atom. The molecule has 0 fully saturated rings. The number of amides is 1. The van der Waals surface area contributed by atoms with Crippen LogP contribution in [0.5, 0.6) is 5.75 Å². The predicted molar refractivity (Wildman–Crippen MR) is 70.8 cm³/mol. The molecule has 0 bridgehead atoms. The van der Waals surface area contributed by atoms with Crippen LogP contribution < -0.4 is 15.8 Å². The molecule has 0 aromatic heterocycles. The summed E-state index contributed by atoms with van der Waals surface area (Å²) in [6, 6.07) is 7.31. The van der Waals surface area contributed by atoms with Gasteiger partial charge in [0.1, 0.15) is 5.75 Å². The summed E-state index contributed by atoms with van der Waals surface area (Å²) in [5.74, 6) is 0.344. The Hall–Kier alpha value is -1.58. The Morgan fingerprint density at radius 2 is 2.33 bits per heavy atom. The van der Waals surface area contributed by atoms with Gasteiger partial charge >= 0.3 is 0 Å². The zero-order valence-electron chi connectivity index (χ0n) is 9.78. The second kappa shape index (κ2) is 7.69. The highest BCUT2D eigenvalue weighted by Gasteiger charge is 2.04. The van der Waals surface area contributed by atoms with Crippen molar-refractivity contribution in [3.8, 4) is 11.8 Å². The van der Waals surface area contributed by atoms with Crippen LogP contribution in [0.25, 0.3) is 0 Å².